The molecule has 2 amide bonds. The van der Waals surface area contributed by atoms with Crippen LogP contribution in [0.5, 0.6) is 0 Å². The first-order chi connectivity index (χ1) is 15.8. The third-order valence-corrected chi connectivity index (χ3v) is 6.88. The molecule has 1 fully saturated rings. The number of carbonyl (C=O) groups excluding carboxylic acids is 2. The molecule has 0 saturated carbocycles. The summed E-state index contributed by atoms with van der Waals surface area (Å²) >= 11 is 0. The number of sulfonamides is 1. The number of benzene rings is 3. The molecule has 1 heterocycles. The highest BCUT2D eigenvalue weighted by atomic mass is 32.2. The fourth-order valence-corrected chi connectivity index (χ4v) is 4.99. The molecule has 1 aliphatic rings. The lowest BCUT2D eigenvalue weighted by molar-refractivity contribution is -0.128. The van der Waals surface area contributed by atoms with Crippen LogP contribution >= 0.6 is 0 Å². The maximum Gasteiger partial charge on any atom is 0.241 e. The zero-order chi connectivity index (χ0) is 23.4. The Morgan fingerprint density at radius 2 is 1.76 bits per heavy atom. The average molecular weight is 466 g/mol. The van der Waals surface area contributed by atoms with E-state index in [-0.39, 0.29) is 19.0 Å². The van der Waals surface area contributed by atoms with Gasteiger partial charge in [-0.1, -0.05) is 60.7 Å². The summed E-state index contributed by atoms with van der Waals surface area (Å²) in [7, 11) is -3.68. The molecule has 0 aliphatic carbocycles. The molecule has 4 rings (SSSR count). The number of rotatable bonds is 8. The van der Waals surface area contributed by atoms with Crippen LogP contribution in [0.1, 0.15) is 24.0 Å². The number of fused-ring (bicyclic) bond motifs is 1. The lowest BCUT2D eigenvalue weighted by Gasteiger charge is -2.23. The zero-order valence-electron chi connectivity index (χ0n) is 18.5. The second kappa shape index (κ2) is 9.62. The van der Waals surface area contributed by atoms with E-state index in [9.17, 15) is 18.0 Å². The minimum atomic E-state index is -3.68. The molecule has 33 heavy (non-hydrogen) atoms. The normalized spacial score (nSPS) is 14.0. The van der Waals surface area contributed by atoms with Gasteiger partial charge >= 0.3 is 0 Å². The fourth-order valence-electron chi connectivity index (χ4n) is 4.12. The molecule has 8 heteroatoms. The predicted molar refractivity (Wildman–Crippen MR) is 129 cm³/mol. The van der Waals surface area contributed by atoms with E-state index < -0.39 is 15.9 Å². The molecule has 0 bridgehead atoms. The van der Waals surface area contributed by atoms with Gasteiger partial charge in [0.25, 0.3) is 0 Å². The zero-order valence-corrected chi connectivity index (χ0v) is 19.3. The highest BCUT2D eigenvalue weighted by Gasteiger charge is 2.23. The molecule has 0 aromatic heterocycles. The monoisotopic (exact) mass is 465 g/mol. The molecule has 7 nitrogen and oxygen atoms in total. The Hall–Kier alpha value is -3.39. The van der Waals surface area contributed by atoms with E-state index in [4.69, 9.17) is 0 Å². The number of anilines is 1. The van der Waals surface area contributed by atoms with Crippen LogP contribution in [0.25, 0.3) is 10.8 Å². The van der Waals surface area contributed by atoms with Gasteiger partial charge in [-0.25, -0.2) is 8.42 Å². The van der Waals surface area contributed by atoms with Gasteiger partial charge in [0.2, 0.25) is 21.8 Å². The van der Waals surface area contributed by atoms with E-state index in [1.54, 1.807) is 12.1 Å². The number of nitrogens with zero attached hydrogens (tertiary/aromatic N) is 2. The highest BCUT2D eigenvalue weighted by molar-refractivity contribution is 7.92. The first-order valence-electron chi connectivity index (χ1n) is 10.9. The summed E-state index contributed by atoms with van der Waals surface area (Å²) in [6.45, 7) is 1.29. The van der Waals surface area contributed by atoms with E-state index in [1.165, 1.54) is 0 Å². The molecule has 172 valence electrons. The summed E-state index contributed by atoms with van der Waals surface area (Å²) in [5, 5.41) is 4.49. The standard InChI is InChI=1S/C25H27N3O4S/c1-33(31,32)28(23-12-5-10-21-9-2-3-11-22(21)23)18-24(29)26-16-19-7-4-8-20(15-19)17-27-14-6-13-25(27)30/h2-5,7-12,15H,6,13-14,16-18H2,1H3,(H,26,29). The minimum absolute atomic E-state index is 0.169. The van der Waals surface area contributed by atoms with Crippen LogP contribution in [0.15, 0.2) is 66.7 Å². The summed E-state index contributed by atoms with van der Waals surface area (Å²) in [5.41, 5.74) is 2.37. The van der Waals surface area contributed by atoms with Crippen molar-refractivity contribution in [1.82, 2.24) is 10.2 Å². The van der Waals surface area contributed by atoms with E-state index in [2.05, 4.69) is 5.32 Å². The highest BCUT2D eigenvalue weighted by Crippen LogP contribution is 2.28. The first-order valence-corrected chi connectivity index (χ1v) is 12.7. The maximum atomic E-state index is 12.7. The van der Waals surface area contributed by atoms with Gasteiger partial charge in [0.15, 0.2) is 0 Å². The summed E-state index contributed by atoms with van der Waals surface area (Å²) in [4.78, 5) is 26.4. The van der Waals surface area contributed by atoms with E-state index >= 15 is 0 Å². The molecule has 1 saturated heterocycles. The van der Waals surface area contributed by atoms with Gasteiger partial charge in [0.1, 0.15) is 6.54 Å². The lowest BCUT2D eigenvalue weighted by atomic mass is 10.1. The van der Waals surface area contributed by atoms with Gasteiger partial charge in [-0.3, -0.25) is 13.9 Å². The van der Waals surface area contributed by atoms with Crippen LogP contribution in [0.3, 0.4) is 0 Å². The van der Waals surface area contributed by atoms with Crippen molar-refractivity contribution < 1.29 is 18.0 Å². The molecule has 0 unspecified atom stereocenters. The van der Waals surface area contributed by atoms with Crippen molar-refractivity contribution in [2.24, 2.45) is 0 Å². The van der Waals surface area contributed by atoms with Crippen LogP contribution in [0.2, 0.25) is 0 Å². The molecule has 0 radical (unpaired) electrons. The van der Waals surface area contributed by atoms with Crippen molar-refractivity contribution in [3.63, 3.8) is 0 Å². The number of carbonyl (C=O) groups is 2. The molecule has 3 aromatic carbocycles. The van der Waals surface area contributed by atoms with E-state index in [1.807, 2.05) is 59.5 Å². The van der Waals surface area contributed by atoms with Crippen LogP contribution in [0.4, 0.5) is 5.69 Å². The largest absolute Gasteiger partial charge is 0.350 e. The number of nitrogens with one attached hydrogen (secondary N) is 1. The van der Waals surface area contributed by atoms with Crippen molar-refractivity contribution in [1.29, 1.82) is 0 Å². The van der Waals surface area contributed by atoms with Crippen molar-refractivity contribution >= 4 is 38.3 Å². The van der Waals surface area contributed by atoms with Gasteiger partial charge in [-0.05, 0) is 29.0 Å². The third kappa shape index (κ3) is 5.51. The fraction of sp³-hybridized carbons (Fsp3) is 0.280. The molecular weight excluding hydrogens is 438 g/mol. The summed E-state index contributed by atoms with van der Waals surface area (Å²) in [6, 6.07) is 20.6. The van der Waals surface area contributed by atoms with Crippen molar-refractivity contribution in [3.05, 3.63) is 77.9 Å². The summed E-state index contributed by atoms with van der Waals surface area (Å²) in [6.07, 6.45) is 2.59. The Labute approximate surface area is 194 Å². The van der Waals surface area contributed by atoms with Crippen molar-refractivity contribution in [2.45, 2.75) is 25.9 Å². The second-order valence-corrected chi connectivity index (χ2v) is 10.2. The minimum Gasteiger partial charge on any atom is -0.350 e. The smallest absolute Gasteiger partial charge is 0.241 e. The van der Waals surface area contributed by atoms with Gasteiger partial charge in [0.05, 0.1) is 11.9 Å². The SMILES string of the molecule is CS(=O)(=O)N(CC(=O)NCc1cccc(CN2CCCC2=O)c1)c1cccc2ccccc12. The number of amides is 2. The Kier molecular flexibility index (Phi) is 6.65. The van der Waals surface area contributed by atoms with Gasteiger partial charge in [-0.15, -0.1) is 0 Å². The molecule has 1 N–H and O–H groups in total. The predicted octanol–water partition coefficient (Wildman–Crippen LogP) is 3.04. The van der Waals surface area contributed by atoms with Crippen molar-refractivity contribution in [3.8, 4) is 0 Å². The molecular formula is C25H27N3O4S. The molecule has 3 aromatic rings. The molecule has 0 spiro atoms. The molecule has 1 aliphatic heterocycles. The first kappa shape index (κ1) is 22.8. The lowest BCUT2D eigenvalue weighted by Crippen LogP contribution is -2.40. The van der Waals surface area contributed by atoms with Gasteiger partial charge in [-0.2, -0.15) is 0 Å². The van der Waals surface area contributed by atoms with Crippen LogP contribution in [-0.2, 0) is 32.7 Å². The van der Waals surface area contributed by atoms with E-state index in [0.29, 0.717) is 18.7 Å². The number of hydrogen-bond donors (Lipinski definition) is 1. The van der Waals surface area contributed by atoms with Gasteiger partial charge in [0, 0.05) is 31.4 Å². The van der Waals surface area contributed by atoms with Crippen molar-refractivity contribution in [2.75, 3.05) is 23.7 Å². The van der Waals surface area contributed by atoms with Crippen LogP contribution in [-0.4, -0.2) is 44.5 Å². The topological polar surface area (TPSA) is 86.8 Å². The Balaban J connectivity index is 1.45. The quantitative estimate of drug-likeness (QED) is 0.554. The van der Waals surface area contributed by atoms with E-state index in [0.717, 1.165) is 45.4 Å². The Morgan fingerprint density at radius 1 is 1.03 bits per heavy atom. The van der Waals surface area contributed by atoms with Crippen LogP contribution < -0.4 is 9.62 Å². The maximum absolute atomic E-state index is 12.7. The Morgan fingerprint density at radius 3 is 2.52 bits per heavy atom. The number of hydrogen-bond acceptors (Lipinski definition) is 4. The molecule has 0 atom stereocenters. The number of likely N-dealkylation sites (tertiary alicyclic amines) is 1. The van der Waals surface area contributed by atoms with Crippen LogP contribution in [0, 0.1) is 0 Å². The Bertz CT molecular complexity index is 1280. The summed E-state index contributed by atoms with van der Waals surface area (Å²) < 4.78 is 26.2. The summed E-state index contributed by atoms with van der Waals surface area (Å²) in [5.74, 6) is -0.225. The average Bonchev–Trinajstić information content (AvgIpc) is 3.19. The second-order valence-electron chi connectivity index (χ2n) is 8.28. The third-order valence-electron chi connectivity index (χ3n) is 5.75. The van der Waals surface area contributed by atoms with Gasteiger partial charge < -0.3 is 10.2 Å².